The largest absolute Gasteiger partial charge is 0.423 e. The number of rotatable bonds is 9. The Hall–Kier alpha value is -4.79. The molecular formula is C28H25FO8. The molecule has 2 rings (SSSR count). The number of hydrogen-bond acceptors (Lipinski definition) is 8. The van der Waals surface area contributed by atoms with E-state index in [9.17, 15) is 19.2 Å². The van der Waals surface area contributed by atoms with Crippen LogP contribution in [-0.2, 0) is 19.2 Å². The van der Waals surface area contributed by atoms with Gasteiger partial charge >= 0.3 is 23.9 Å². The van der Waals surface area contributed by atoms with Gasteiger partial charge < -0.3 is 18.9 Å². The van der Waals surface area contributed by atoms with E-state index in [0.717, 1.165) is 12.1 Å². The molecule has 9 heteroatoms. The minimum absolute atomic E-state index is 0.0221. The third-order valence-corrected chi connectivity index (χ3v) is 4.47. The minimum atomic E-state index is -0.944. The fourth-order valence-corrected chi connectivity index (χ4v) is 2.56. The van der Waals surface area contributed by atoms with E-state index in [1.807, 2.05) is 0 Å². The Morgan fingerprint density at radius 1 is 0.595 bits per heavy atom. The van der Waals surface area contributed by atoms with Crippen molar-refractivity contribution < 1.29 is 42.5 Å². The summed E-state index contributed by atoms with van der Waals surface area (Å²) in [4.78, 5) is 48.4. The fourth-order valence-electron chi connectivity index (χ4n) is 2.56. The molecule has 2 aromatic rings. The van der Waals surface area contributed by atoms with Gasteiger partial charge in [0, 0.05) is 34.4 Å². The molecule has 0 bridgehead atoms. The summed E-state index contributed by atoms with van der Waals surface area (Å²) in [6.45, 7) is 19.6. The van der Waals surface area contributed by atoms with E-state index in [-0.39, 0.29) is 56.4 Å². The maximum absolute atomic E-state index is 15.4. The molecule has 0 aromatic heterocycles. The van der Waals surface area contributed by atoms with E-state index in [4.69, 9.17) is 18.9 Å². The average molecular weight is 508 g/mol. The van der Waals surface area contributed by atoms with Crippen LogP contribution < -0.4 is 18.9 Å². The predicted octanol–water partition coefficient (Wildman–Crippen LogP) is 5.42. The highest BCUT2D eigenvalue weighted by Gasteiger charge is 2.23. The molecular weight excluding hydrogens is 483 g/mol. The number of carbonyl (C=O) groups is 4. The number of carbonyl (C=O) groups excluding carboxylic acids is 4. The Morgan fingerprint density at radius 3 is 1.51 bits per heavy atom. The third-order valence-electron chi connectivity index (χ3n) is 4.47. The second-order valence-corrected chi connectivity index (χ2v) is 8.12. The summed E-state index contributed by atoms with van der Waals surface area (Å²) in [5.74, 6) is -5.21. The number of hydrogen-bond donors (Lipinski definition) is 0. The molecule has 0 spiro atoms. The number of benzene rings is 2. The van der Waals surface area contributed by atoms with Crippen molar-refractivity contribution in [1.82, 2.24) is 0 Å². The second kappa shape index (κ2) is 11.8. The van der Waals surface area contributed by atoms with Crippen molar-refractivity contribution in [1.29, 1.82) is 0 Å². The van der Waals surface area contributed by atoms with Crippen molar-refractivity contribution in [2.75, 3.05) is 0 Å². The van der Waals surface area contributed by atoms with Gasteiger partial charge in [-0.15, -0.1) is 0 Å². The number of ether oxygens (including phenoxy) is 4. The standard InChI is InChI=1S/C28H25FO8/c1-14(2)25(30)34-19-12-20(29)24(23(13-19)37-28(33)17(7)8)18-9-10-21(35-26(31)15(3)4)22(11-18)36-27(32)16(5)6/h9-13H,1,3,5,7H2,2,4,6,8H3. The minimum Gasteiger partial charge on any atom is -0.423 e. The van der Waals surface area contributed by atoms with E-state index < -0.39 is 29.7 Å². The first-order valence-corrected chi connectivity index (χ1v) is 10.7. The van der Waals surface area contributed by atoms with E-state index in [2.05, 4.69) is 26.3 Å². The zero-order valence-electron chi connectivity index (χ0n) is 20.9. The lowest BCUT2D eigenvalue weighted by atomic mass is 10.0. The highest BCUT2D eigenvalue weighted by Crippen LogP contribution is 2.41. The summed E-state index contributed by atoms with van der Waals surface area (Å²) in [5, 5.41) is 0. The summed E-state index contributed by atoms with van der Waals surface area (Å²) in [6, 6.07) is 5.85. The first-order chi connectivity index (χ1) is 17.2. The van der Waals surface area contributed by atoms with E-state index in [1.54, 1.807) is 0 Å². The van der Waals surface area contributed by atoms with Crippen LogP contribution >= 0.6 is 0 Å². The Labute approximate surface area is 213 Å². The molecule has 192 valence electrons. The van der Waals surface area contributed by atoms with Gasteiger partial charge in [0.1, 0.15) is 17.3 Å². The van der Waals surface area contributed by atoms with Crippen LogP contribution in [0.1, 0.15) is 27.7 Å². The molecule has 8 nitrogen and oxygen atoms in total. The Balaban J connectivity index is 2.71. The Kier molecular flexibility index (Phi) is 9.04. The van der Waals surface area contributed by atoms with Crippen molar-refractivity contribution in [2.45, 2.75) is 27.7 Å². The van der Waals surface area contributed by atoms with Crippen LogP contribution in [0.3, 0.4) is 0 Å². The van der Waals surface area contributed by atoms with Crippen LogP contribution in [0.4, 0.5) is 4.39 Å². The lowest BCUT2D eigenvalue weighted by Gasteiger charge is -2.16. The maximum Gasteiger partial charge on any atom is 0.338 e. The van der Waals surface area contributed by atoms with E-state index in [1.165, 1.54) is 45.9 Å². The van der Waals surface area contributed by atoms with Crippen molar-refractivity contribution >= 4 is 23.9 Å². The molecule has 37 heavy (non-hydrogen) atoms. The van der Waals surface area contributed by atoms with Gasteiger partial charge in [0.15, 0.2) is 11.5 Å². The van der Waals surface area contributed by atoms with Gasteiger partial charge in [-0.2, -0.15) is 0 Å². The molecule has 0 N–H and O–H groups in total. The van der Waals surface area contributed by atoms with Gasteiger partial charge in [0.25, 0.3) is 0 Å². The molecule has 0 heterocycles. The molecule has 0 unspecified atom stereocenters. The Morgan fingerprint density at radius 2 is 1.03 bits per heavy atom. The molecule has 0 atom stereocenters. The maximum atomic E-state index is 15.4. The summed E-state index contributed by atoms with van der Waals surface area (Å²) in [6.07, 6.45) is 0. The second-order valence-electron chi connectivity index (χ2n) is 8.12. The predicted molar refractivity (Wildman–Crippen MR) is 134 cm³/mol. The lowest BCUT2D eigenvalue weighted by molar-refractivity contribution is -0.132. The molecule has 0 aliphatic heterocycles. The van der Waals surface area contributed by atoms with Crippen molar-refractivity contribution in [3.8, 4) is 34.1 Å². The van der Waals surface area contributed by atoms with Crippen LogP contribution in [-0.4, -0.2) is 23.9 Å². The normalized spacial score (nSPS) is 10.1. The van der Waals surface area contributed by atoms with Crippen LogP contribution in [0.5, 0.6) is 23.0 Å². The average Bonchev–Trinajstić information content (AvgIpc) is 2.79. The van der Waals surface area contributed by atoms with Crippen LogP contribution in [0.15, 0.2) is 78.9 Å². The van der Waals surface area contributed by atoms with Crippen LogP contribution in [0, 0.1) is 5.82 Å². The Bertz CT molecular complexity index is 1370. The quantitative estimate of drug-likeness (QED) is 0.251. The molecule has 0 amide bonds. The van der Waals surface area contributed by atoms with Crippen molar-refractivity contribution in [3.63, 3.8) is 0 Å². The first-order valence-electron chi connectivity index (χ1n) is 10.7. The highest BCUT2D eigenvalue weighted by molar-refractivity contribution is 5.93. The first kappa shape index (κ1) is 28.4. The topological polar surface area (TPSA) is 105 Å². The molecule has 0 radical (unpaired) electrons. The highest BCUT2D eigenvalue weighted by atomic mass is 19.1. The van der Waals surface area contributed by atoms with Gasteiger partial charge in [-0.05, 0) is 45.4 Å². The van der Waals surface area contributed by atoms with Crippen molar-refractivity contribution in [3.05, 3.63) is 84.8 Å². The van der Waals surface area contributed by atoms with Gasteiger partial charge in [0.2, 0.25) is 0 Å². The molecule has 0 aliphatic rings. The van der Waals surface area contributed by atoms with Gasteiger partial charge in [-0.3, -0.25) is 0 Å². The van der Waals surface area contributed by atoms with Crippen LogP contribution in [0.2, 0.25) is 0 Å². The van der Waals surface area contributed by atoms with E-state index >= 15 is 4.39 Å². The van der Waals surface area contributed by atoms with Crippen LogP contribution in [0.25, 0.3) is 11.1 Å². The SMILES string of the molecule is C=C(C)C(=O)Oc1cc(F)c(-c2ccc(OC(=O)C(=C)C)c(OC(=O)C(=C)C)c2)c(OC(=O)C(=C)C)c1. The van der Waals surface area contributed by atoms with Crippen molar-refractivity contribution in [2.24, 2.45) is 0 Å². The third kappa shape index (κ3) is 7.35. The lowest BCUT2D eigenvalue weighted by Crippen LogP contribution is -2.13. The monoisotopic (exact) mass is 508 g/mol. The smallest absolute Gasteiger partial charge is 0.338 e. The van der Waals surface area contributed by atoms with Gasteiger partial charge in [0.05, 0.1) is 5.56 Å². The molecule has 0 saturated carbocycles. The van der Waals surface area contributed by atoms with Gasteiger partial charge in [-0.1, -0.05) is 32.4 Å². The summed E-state index contributed by atoms with van der Waals surface area (Å²) in [7, 11) is 0. The zero-order chi connectivity index (χ0) is 28.0. The zero-order valence-corrected chi connectivity index (χ0v) is 20.9. The number of esters is 4. The molecule has 0 aliphatic carbocycles. The van der Waals surface area contributed by atoms with Gasteiger partial charge in [-0.25, -0.2) is 23.6 Å². The summed E-state index contributed by atoms with van der Waals surface area (Å²) < 4.78 is 36.3. The van der Waals surface area contributed by atoms with E-state index in [0.29, 0.717) is 0 Å². The summed E-state index contributed by atoms with van der Waals surface area (Å²) in [5.41, 5.74) is 0.0481. The number of halogens is 1. The summed E-state index contributed by atoms with van der Waals surface area (Å²) >= 11 is 0. The molecule has 2 aromatic carbocycles. The fraction of sp³-hybridized carbons (Fsp3) is 0.143. The molecule has 0 fully saturated rings. The molecule has 0 saturated heterocycles.